The maximum atomic E-state index is 13.2. The van der Waals surface area contributed by atoms with Gasteiger partial charge in [0.05, 0.1) is 16.2 Å². The first-order valence-corrected chi connectivity index (χ1v) is 12.5. The Morgan fingerprint density at radius 2 is 1.66 bits per heavy atom. The zero-order chi connectivity index (χ0) is 21.9. The van der Waals surface area contributed by atoms with Gasteiger partial charge in [-0.05, 0) is 42.3 Å². The maximum absolute atomic E-state index is 13.2. The molecule has 5 rings (SSSR count). The molecule has 0 aliphatic heterocycles. The number of carbonyl (C=O) groups is 1. The lowest BCUT2D eigenvalue weighted by atomic mass is 9.98. The molecule has 1 aliphatic rings. The van der Waals surface area contributed by atoms with Crippen LogP contribution in [0.1, 0.15) is 43.0 Å². The molecule has 162 valence electrons. The van der Waals surface area contributed by atoms with Gasteiger partial charge >= 0.3 is 0 Å². The third-order valence-electron chi connectivity index (χ3n) is 5.52. The molecule has 2 aromatic heterocycles. The quantitative estimate of drug-likeness (QED) is 0.341. The van der Waals surface area contributed by atoms with Crippen LogP contribution in [-0.4, -0.2) is 25.9 Å². The molecule has 4 aromatic rings. The molecule has 1 aliphatic carbocycles. The molecule has 1 atom stereocenters. The van der Waals surface area contributed by atoms with Gasteiger partial charge in [-0.3, -0.25) is 9.36 Å². The van der Waals surface area contributed by atoms with E-state index >= 15 is 0 Å². The number of benzene rings is 2. The predicted molar refractivity (Wildman–Crippen MR) is 130 cm³/mol. The van der Waals surface area contributed by atoms with Crippen LogP contribution >= 0.6 is 23.1 Å². The molecule has 0 unspecified atom stereocenters. The van der Waals surface area contributed by atoms with Crippen LogP contribution in [0.2, 0.25) is 0 Å². The molecule has 2 aromatic carbocycles. The van der Waals surface area contributed by atoms with Gasteiger partial charge in [0, 0.05) is 6.04 Å². The van der Waals surface area contributed by atoms with Crippen molar-refractivity contribution < 1.29 is 4.79 Å². The Labute approximate surface area is 195 Å². The lowest BCUT2D eigenvalue weighted by Crippen LogP contribution is -2.35. The Hall–Kier alpha value is -2.90. The van der Waals surface area contributed by atoms with Gasteiger partial charge in [0.1, 0.15) is 0 Å². The zero-order valence-electron chi connectivity index (χ0n) is 17.7. The van der Waals surface area contributed by atoms with Crippen LogP contribution < -0.4 is 5.32 Å². The van der Waals surface area contributed by atoms with Crippen molar-refractivity contribution >= 4 is 29.0 Å². The molecule has 1 fully saturated rings. The first-order valence-electron chi connectivity index (χ1n) is 10.8. The molecule has 5 nitrogen and oxygen atoms in total. The summed E-state index contributed by atoms with van der Waals surface area (Å²) < 4.78 is 2.21. The summed E-state index contributed by atoms with van der Waals surface area (Å²) >= 11 is 3.14. The van der Waals surface area contributed by atoms with Crippen molar-refractivity contribution in [2.75, 3.05) is 0 Å². The maximum Gasteiger partial charge on any atom is 0.234 e. The minimum absolute atomic E-state index is 0.0178. The molecular weight excluding hydrogens is 436 g/mol. The molecule has 1 N–H and O–H groups in total. The highest BCUT2D eigenvalue weighted by atomic mass is 32.2. The van der Waals surface area contributed by atoms with Crippen molar-refractivity contribution in [3.05, 3.63) is 89.3 Å². The molecule has 7 heteroatoms. The number of hydrogen-bond acceptors (Lipinski definition) is 5. The summed E-state index contributed by atoms with van der Waals surface area (Å²) in [6.07, 6.45) is 2.27. The Balaban J connectivity index is 1.36. The van der Waals surface area contributed by atoms with Crippen LogP contribution in [0.25, 0.3) is 10.7 Å². The summed E-state index contributed by atoms with van der Waals surface area (Å²) in [4.78, 5) is 14.4. The highest BCUT2D eigenvalue weighted by molar-refractivity contribution is 8.00. The van der Waals surface area contributed by atoms with Crippen LogP contribution in [0.3, 0.4) is 0 Å². The van der Waals surface area contributed by atoms with E-state index in [9.17, 15) is 4.79 Å². The van der Waals surface area contributed by atoms with Gasteiger partial charge in [0.25, 0.3) is 0 Å². The molecule has 2 heterocycles. The van der Waals surface area contributed by atoms with Crippen LogP contribution in [-0.2, 0) is 4.79 Å². The minimum atomic E-state index is -0.303. The summed E-state index contributed by atoms with van der Waals surface area (Å²) in [6.45, 7) is 1.93. The number of carbonyl (C=O) groups excluding carboxylic acids is 1. The van der Waals surface area contributed by atoms with Crippen molar-refractivity contribution in [3.8, 4) is 10.7 Å². The minimum Gasteiger partial charge on any atom is -0.344 e. The second kappa shape index (κ2) is 9.30. The van der Waals surface area contributed by atoms with E-state index < -0.39 is 0 Å². The highest BCUT2D eigenvalue weighted by Gasteiger charge is 2.32. The zero-order valence-corrected chi connectivity index (χ0v) is 19.4. The number of rotatable bonds is 8. The number of thiophene rings is 1. The number of amides is 1. The van der Waals surface area contributed by atoms with Crippen LogP contribution in [0.4, 0.5) is 0 Å². The van der Waals surface area contributed by atoms with E-state index in [1.165, 1.54) is 11.8 Å². The van der Waals surface area contributed by atoms with Crippen molar-refractivity contribution in [1.82, 2.24) is 20.1 Å². The lowest BCUT2D eigenvalue weighted by molar-refractivity contribution is -0.120. The average molecular weight is 461 g/mol. The Kier molecular flexibility index (Phi) is 6.10. The second-order valence-electron chi connectivity index (χ2n) is 7.91. The first-order chi connectivity index (χ1) is 15.7. The fourth-order valence-corrected chi connectivity index (χ4v) is 5.35. The summed E-state index contributed by atoms with van der Waals surface area (Å²) in [6, 6.07) is 24.5. The van der Waals surface area contributed by atoms with Gasteiger partial charge in [-0.25, -0.2) is 0 Å². The van der Waals surface area contributed by atoms with Gasteiger partial charge in [0.15, 0.2) is 11.0 Å². The fourth-order valence-electron chi connectivity index (χ4n) is 3.71. The largest absolute Gasteiger partial charge is 0.344 e. The molecule has 1 amide bonds. The number of aromatic nitrogens is 3. The normalized spacial score (nSPS) is 14.4. The molecule has 0 bridgehead atoms. The van der Waals surface area contributed by atoms with Gasteiger partial charge in [-0.1, -0.05) is 78.5 Å². The average Bonchev–Trinajstić information content (AvgIpc) is 3.35. The van der Waals surface area contributed by atoms with Crippen molar-refractivity contribution in [2.45, 2.75) is 42.3 Å². The van der Waals surface area contributed by atoms with Crippen LogP contribution in [0.15, 0.2) is 83.3 Å². The summed E-state index contributed by atoms with van der Waals surface area (Å²) in [7, 11) is 0. The topological polar surface area (TPSA) is 59.8 Å². The number of thioether (sulfide) groups is 1. The second-order valence-corrected chi connectivity index (χ2v) is 10.2. The van der Waals surface area contributed by atoms with Crippen molar-refractivity contribution in [3.63, 3.8) is 0 Å². The van der Waals surface area contributed by atoms with Crippen LogP contribution in [0, 0.1) is 0 Å². The van der Waals surface area contributed by atoms with Crippen LogP contribution in [0.5, 0.6) is 0 Å². The summed E-state index contributed by atoms with van der Waals surface area (Å²) in [5.41, 5.74) is 2.12. The molecule has 32 heavy (non-hydrogen) atoms. The SMILES string of the molecule is C[C@H](Sc1nnc(-c2cccs2)n1C1CC1)C(=O)NC(c1ccccc1)c1ccccc1. The fraction of sp³-hybridized carbons (Fsp3) is 0.240. The summed E-state index contributed by atoms with van der Waals surface area (Å²) in [5, 5.41) is 14.7. The number of nitrogens with one attached hydrogen (secondary N) is 1. The predicted octanol–water partition coefficient (Wildman–Crippen LogP) is 5.73. The third-order valence-corrected chi connectivity index (χ3v) is 7.44. The monoisotopic (exact) mass is 460 g/mol. The van der Waals surface area contributed by atoms with E-state index in [-0.39, 0.29) is 17.2 Å². The van der Waals surface area contributed by atoms with E-state index in [1.54, 1.807) is 11.3 Å². The first kappa shape index (κ1) is 21.0. The summed E-state index contributed by atoms with van der Waals surface area (Å²) in [5.74, 6) is 0.889. The number of hydrogen-bond donors (Lipinski definition) is 1. The van der Waals surface area contributed by atoms with E-state index in [4.69, 9.17) is 0 Å². The Morgan fingerprint density at radius 3 is 2.22 bits per heavy atom. The molecular formula is C25H24N4OS2. The van der Waals surface area contributed by atoms with Gasteiger partial charge in [-0.2, -0.15) is 0 Å². The van der Waals surface area contributed by atoms with Gasteiger partial charge in [0.2, 0.25) is 5.91 Å². The Bertz CT molecular complexity index is 1130. The third kappa shape index (κ3) is 4.49. The van der Waals surface area contributed by atoms with E-state index in [1.807, 2.05) is 73.7 Å². The molecule has 0 saturated heterocycles. The van der Waals surface area contributed by atoms with E-state index in [0.29, 0.717) is 6.04 Å². The smallest absolute Gasteiger partial charge is 0.234 e. The van der Waals surface area contributed by atoms with E-state index in [2.05, 4.69) is 31.5 Å². The standard InChI is InChI=1S/C25H24N4OS2/c1-17(32-25-28-27-23(21-13-8-16-31-21)29(25)20-14-15-20)24(30)26-22(18-9-4-2-5-10-18)19-11-6-3-7-12-19/h2-13,16-17,20,22H,14-15H2,1H3,(H,26,30)/t17-/m0/s1. The molecule has 0 spiro atoms. The van der Waals surface area contributed by atoms with E-state index in [0.717, 1.165) is 39.8 Å². The van der Waals surface area contributed by atoms with Gasteiger partial charge in [-0.15, -0.1) is 21.5 Å². The Morgan fingerprint density at radius 1 is 1.00 bits per heavy atom. The van der Waals surface area contributed by atoms with Crippen molar-refractivity contribution in [1.29, 1.82) is 0 Å². The number of nitrogens with zero attached hydrogens (tertiary/aromatic N) is 3. The molecule has 0 radical (unpaired) electrons. The van der Waals surface area contributed by atoms with Crippen molar-refractivity contribution in [2.24, 2.45) is 0 Å². The van der Waals surface area contributed by atoms with Gasteiger partial charge < -0.3 is 5.32 Å². The molecule has 1 saturated carbocycles. The highest BCUT2D eigenvalue weighted by Crippen LogP contribution is 2.42. The lowest BCUT2D eigenvalue weighted by Gasteiger charge is -2.22.